The monoisotopic (exact) mass is 737 g/mol. The Morgan fingerprint density at radius 2 is 0.679 bits per heavy atom. The second kappa shape index (κ2) is 15.5. The van der Waals surface area contributed by atoms with Gasteiger partial charge in [0.05, 0.1) is 33.2 Å². The van der Waals surface area contributed by atoms with Crippen molar-refractivity contribution in [1.29, 1.82) is 0 Å². The Hall–Kier alpha value is -6.28. The van der Waals surface area contributed by atoms with Crippen LogP contribution in [0.15, 0.2) is 146 Å². The fourth-order valence-corrected chi connectivity index (χ4v) is 8.15. The molecule has 6 aromatic carbocycles. The molecule has 0 saturated carbocycles. The molecule has 11 rings (SSSR count). The van der Waals surface area contributed by atoms with E-state index in [4.69, 9.17) is 9.47 Å². The molecule has 278 valence electrons. The van der Waals surface area contributed by atoms with Crippen LogP contribution in [0.5, 0.6) is 0 Å². The van der Waals surface area contributed by atoms with Crippen molar-refractivity contribution in [2.45, 2.75) is 25.7 Å². The number of ether oxygens (including phenoxy) is 2. The zero-order valence-corrected chi connectivity index (χ0v) is 31.5. The lowest BCUT2D eigenvalue weighted by Crippen LogP contribution is -2.26. The van der Waals surface area contributed by atoms with Crippen LogP contribution in [-0.2, 0) is 19.1 Å². The van der Waals surface area contributed by atoms with E-state index in [1.165, 1.54) is 52.1 Å². The van der Waals surface area contributed by atoms with E-state index in [0.29, 0.717) is 22.3 Å². The summed E-state index contributed by atoms with van der Waals surface area (Å²) in [6, 6.07) is 49.4. The first-order valence-electron chi connectivity index (χ1n) is 19.5. The molecule has 2 aromatic heterocycles. The van der Waals surface area contributed by atoms with E-state index in [-0.39, 0.29) is 11.8 Å². The summed E-state index contributed by atoms with van der Waals surface area (Å²) in [6.07, 6.45) is 5.11. The Labute approximate surface area is 326 Å². The predicted molar refractivity (Wildman–Crippen MR) is 226 cm³/mol. The molecule has 7 nitrogen and oxygen atoms in total. The van der Waals surface area contributed by atoms with E-state index in [2.05, 4.69) is 81.9 Å². The van der Waals surface area contributed by atoms with Gasteiger partial charge in [0.25, 0.3) is 11.8 Å². The maximum Gasteiger partial charge on any atom is 0.261 e. The van der Waals surface area contributed by atoms with Crippen molar-refractivity contribution < 1.29 is 19.1 Å². The number of carbonyl (C=O) groups is 2. The molecule has 7 heteroatoms. The summed E-state index contributed by atoms with van der Waals surface area (Å²) in [7, 11) is 1.55. The van der Waals surface area contributed by atoms with Gasteiger partial charge >= 0.3 is 0 Å². The minimum absolute atomic E-state index is 0.295. The topological polar surface area (TPSA) is 65.7 Å². The Kier molecular flexibility index (Phi) is 9.78. The summed E-state index contributed by atoms with van der Waals surface area (Å²) in [5.74, 6) is -0.591. The number of fused-ring (bicyclic) bond motifs is 6. The van der Waals surface area contributed by atoms with Crippen molar-refractivity contribution in [3.05, 3.63) is 157 Å². The van der Waals surface area contributed by atoms with E-state index >= 15 is 0 Å². The van der Waals surface area contributed by atoms with E-state index < -0.39 is 0 Å². The maximum atomic E-state index is 13.5. The number of para-hydroxylation sites is 4. The molecule has 0 N–H and O–H groups in total. The highest BCUT2D eigenvalue weighted by molar-refractivity contribution is 6.48. The third-order valence-corrected chi connectivity index (χ3v) is 10.9. The van der Waals surface area contributed by atoms with E-state index in [1.54, 1.807) is 7.05 Å². The van der Waals surface area contributed by atoms with Crippen molar-refractivity contribution in [2.75, 3.05) is 33.5 Å². The van der Waals surface area contributed by atoms with E-state index in [9.17, 15) is 9.59 Å². The SMILES string of the molecule is C1CCOC1.C1CCOC1.CN1C(=O)C(c2ccc(-n3c4ccccc4c4ccccc43)cc2)=C(c2ccc(-n3c4ccccc4c4ccccc43)cc2)C1=O. The van der Waals surface area contributed by atoms with Gasteiger partial charge in [0.15, 0.2) is 0 Å². The van der Waals surface area contributed by atoms with Crippen LogP contribution in [0.25, 0.3) is 66.1 Å². The number of rotatable bonds is 4. The standard InChI is InChI=1S/C41H27N3O2.2C4H8O/c1-42-40(45)38(26-18-22-28(23-19-26)43-34-14-6-2-10-30(34)31-11-3-7-15-35(31)43)39(41(42)46)27-20-24-29(25-21-27)44-36-16-8-4-12-32(36)33-13-5-9-17-37(33)44;2*1-2-4-5-3-1/h2-25H,1H3;2*1-4H2. The van der Waals surface area contributed by atoms with Gasteiger partial charge in [-0.05, 0) is 85.3 Å². The Morgan fingerprint density at radius 1 is 0.393 bits per heavy atom. The predicted octanol–water partition coefficient (Wildman–Crippen LogP) is 10.4. The number of hydrogen-bond acceptors (Lipinski definition) is 4. The lowest BCUT2D eigenvalue weighted by molar-refractivity contribution is -0.134. The zero-order valence-electron chi connectivity index (χ0n) is 31.5. The molecule has 0 unspecified atom stereocenters. The summed E-state index contributed by atoms with van der Waals surface area (Å²) >= 11 is 0. The number of imide groups is 1. The average Bonchev–Trinajstić information content (AvgIpc) is 4.12. The number of hydrogen-bond donors (Lipinski definition) is 0. The molecule has 3 aliphatic heterocycles. The van der Waals surface area contributed by atoms with Gasteiger partial charge in [0.2, 0.25) is 0 Å². The first-order chi connectivity index (χ1) is 27.6. The summed E-state index contributed by atoms with van der Waals surface area (Å²) in [6.45, 7) is 4.00. The number of benzene rings is 6. The van der Waals surface area contributed by atoms with Crippen molar-refractivity contribution in [2.24, 2.45) is 0 Å². The molecule has 0 bridgehead atoms. The second-order valence-electron chi connectivity index (χ2n) is 14.4. The fourth-order valence-electron chi connectivity index (χ4n) is 8.15. The van der Waals surface area contributed by atoms with Crippen LogP contribution in [0.3, 0.4) is 0 Å². The highest BCUT2D eigenvalue weighted by Gasteiger charge is 2.37. The van der Waals surface area contributed by atoms with Gasteiger partial charge in [0.1, 0.15) is 0 Å². The summed E-state index contributed by atoms with van der Waals surface area (Å²) in [5, 5.41) is 4.76. The Morgan fingerprint density at radius 3 is 0.946 bits per heavy atom. The highest BCUT2D eigenvalue weighted by Crippen LogP contribution is 2.38. The molecule has 0 aliphatic carbocycles. The summed E-state index contributed by atoms with van der Waals surface area (Å²) in [5.41, 5.74) is 8.73. The fraction of sp³-hybridized carbons (Fsp3) is 0.184. The van der Waals surface area contributed by atoms with Crippen LogP contribution < -0.4 is 0 Å². The molecule has 5 heterocycles. The summed E-state index contributed by atoms with van der Waals surface area (Å²) in [4.78, 5) is 28.3. The van der Waals surface area contributed by atoms with Gasteiger partial charge in [-0.3, -0.25) is 14.5 Å². The molecule has 0 radical (unpaired) electrons. The molecule has 56 heavy (non-hydrogen) atoms. The average molecular weight is 738 g/mol. The van der Waals surface area contributed by atoms with E-state index in [1.807, 2.05) is 72.8 Å². The molecular formula is C49H43N3O4. The highest BCUT2D eigenvalue weighted by atomic mass is 16.5. The molecule has 2 fully saturated rings. The minimum Gasteiger partial charge on any atom is -0.381 e. The van der Waals surface area contributed by atoms with Gasteiger partial charge < -0.3 is 18.6 Å². The molecular weight excluding hydrogens is 695 g/mol. The lowest BCUT2D eigenvalue weighted by Gasteiger charge is -2.11. The molecule has 8 aromatic rings. The van der Waals surface area contributed by atoms with E-state index in [0.717, 1.165) is 59.9 Å². The smallest absolute Gasteiger partial charge is 0.261 e. The van der Waals surface area contributed by atoms with Crippen molar-refractivity contribution in [3.63, 3.8) is 0 Å². The Bertz CT molecular complexity index is 2440. The number of carbonyl (C=O) groups excluding carboxylic acids is 2. The van der Waals surface area contributed by atoms with Gasteiger partial charge in [0, 0.05) is 66.4 Å². The number of aromatic nitrogens is 2. The Balaban J connectivity index is 0.000000358. The van der Waals surface area contributed by atoms with Gasteiger partial charge in [-0.15, -0.1) is 0 Å². The molecule has 3 aliphatic rings. The maximum absolute atomic E-state index is 13.5. The normalized spacial score (nSPS) is 15.6. The quantitative estimate of drug-likeness (QED) is 0.169. The van der Waals surface area contributed by atoms with Gasteiger partial charge in [-0.1, -0.05) is 97.1 Å². The third kappa shape index (κ3) is 6.39. The molecule has 0 spiro atoms. The summed E-state index contributed by atoms with van der Waals surface area (Å²) < 4.78 is 14.4. The number of amides is 2. The second-order valence-corrected chi connectivity index (χ2v) is 14.4. The van der Waals surface area contributed by atoms with Crippen LogP contribution in [-0.4, -0.2) is 59.3 Å². The van der Waals surface area contributed by atoms with Gasteiger partial charge in [-0.25, -0.2) is 0 Å². The van der Waals surface area contributed by atoms with Crippen LogP contribution in [0.2, 0.25) is 0 Å². The van der Waals surface area contributed by atoms with Crippen molar-refractivity contribution in [1.82, 2.24) is 14.0 Å². The first kappa shape index (κ1) is 35.4. The van der Waals surface area contributed by atoms with Crippen molar-refractivity contribution >= 4 is 66.6 Å². The lowest BCUT2D eigenvalue weighted by atomic mass is 9.96. The van der Waals surface area contributed by atoms with Gasteiger partial charge in [-0.2, -0.15) is 0 Å². The molecule has 2 amide bonds. The number of nitrogens with zero attached hydrogens (tertiary/aromatic N) is 3. The van der Waals surface area contributed by atoms with Crippen LogP contribution >= 0.6 is 0 Å². The van der Waals surface area contributed by atoms with Crippen LogP contribution in [0.1, 0.15) is 36.8 Å². The molecule has 2 saturated heterocycles. The van der Waals surface area contributed by atoms with Crippen LogP contribution in [0, 0.1) is 0 Å². The number of likely N-dealkylation sites (N-methyl/N-ethyl adjacent to an activating group) is 1. The minimum atomic E-state index is -0.295. The van der Waals surface area contributed by atoms with Crippen LogP contribution in [0.4, 0.5) is 0 Å². The first-order valence-corrected chi connectivity index (χ1v) is 19.5. The molecule has 0 atom stereocenters. The van der Waals surface area contributed by atoms with Crippen molar-refractivity contribution in [3.8, 4) is 11.4 Å². The third-order valence-electron chi connectivity index (χ3n) is 10.9. The zero-order chi connectivity index (χ0) is 38.0. The largest absolute Gasteiger partial charge is 0.381 e.